The van der Waals surface area contributed by atoms with Crippen LogP contribution in [0, 0.1) is 5.92 Å². The predicted octanol–water partition coefficient (Wildman–Crippen LogP) is 1.70. The standard InChI is InChI=1S/C14H28N2O2/c1-4-6-12(10-18-3)16-14(17)9-13-11(2)7-5-8-15-13/h11-13,15H,4-10H2,1-3H3,(H,16,17). The summed E-state index contributed by atoms with van der Waals surface area (Å²) in [7, 11) is 1.68. The average molecular weight is 256 g/mol. The number of hydrogen-bond donors (Lipinski definition) is 2. The van der Waals surface area contributed by atoms with Crippen molar-refractivity contribution in [1.29, 1.82) is 0 Å². The van der Waals surface area contributed by atoms with E-state index in [0.29, 0.717) is 25.0 Å². The Morgan fingerprint density at radius 2 is 2.33 bits per heavy atom. The Morgan fingerprint density at radius 1 is 1.56 bits per heavy atom. The van der Waals surface area contributed by atoms with Crippen LogP contribution < -0.4 is 10.6 Å². The highest BCUT2D eigenvalue weighted by molar-refractivity contribution is 5.77. The van der Waals surface area contributed by atoms with Gasteiger partial charge in [0, 0.05) is 19.6 Å². The predicted molar refractivity (Wildman–Crippen MR) is 73.5 cm³/mol. The van der Waals surface area contributed by atoms with Crippen LogP contribution in [0.2, 0.25) is 0 Å². The van der Waals surface area contributed by atoms with Crippen molar-refractivity contribution in [2.45, 2.75) is 58.0 Å². The summed E-state index contributed by atoms with van der Waals surface area (Å²) in [5, 5.41) is 6.53. The molecule has 1 aliphatic heterocycles. The van der Waals surface area contributed by atoms with Crippen LogP contribution in [0.5, 0.6) is 0 Å². The Bertz CT molecular complexity index is 240. The molecule has 1 fully saturated rings. The smallest absolute Gasteiger partial charge is 0.221 e. The van der Waals surface area contributed by atoms with E-state index >= 15 is 0 Å². The second-order valence-electron chi connectivity index (χ2n) is 5.39. The molecule has 4 nitrogen and oxygen atoms in total. The highest BCUT2D eigenvalue weighted by Crippen LogP contribution is 2.17. The molecule has 1 rings (SSSR count). The van der Waals surface area contributed by atoms with Crippen molar-refractivity contribution < 1.29 is 9.53 Å². The largest absolute Gasteiger partial charge is 0.383 e. The molecular weight excluding hydrogens is 228 g/mol. The van der Waals surface area contributed by atoms with Gasteiger partial charge in [0.2, 0.25) is 5.91 Å². The van der Waals surface area contributed by atoms with Crippen molar-refractivity contribution in [2.24, 2.45) is 5.92 Å². The molecule has 18 heavy (non-hydrogen) atoms. The lowest BCUT2D eigenvalue weighted by Crippen LogP contribution is -2.46. The quantitative estimate of drug-likeness (QED) is 0.729. The van der Waals surface area contributed by atoms with Crippen molar-refractivity contribution in [3.8, 4) is 0 Å². The minimum Gasteiger partial charge on any atom is -0.383 e. The number of carbonyl (C=O) groups is 1. The Morgan fingerprint density at radius 3 is 2.94 bits per heavy atom. The molecule has 0 radical (unpaired) electrons. The molecule has 0 spiro atoms. The fourth-order valence-corrected chi connectivity index (χ4v) is 2.62. The Labute approximate surface area is 111 Å². The number of carbonyl (C=O) groups excluding carboxylic acids is 1. The average Bonchev–Trinajstić information content (AvgIpc) is 2.33. The van der Waals surface area contributed by atoms with Crippen LogP contribution >= 0.6 is 0 Å². The van der Waals surface area contributed by atoms with Crippen LogP contribution in [0.4, 0.5) is 0 Å². The van der Waals surface area contributed by atoms with Crippen LogP contribution in [-0.2, 0) is 9.53 Å². The number of amides is 1. The van der Waals surface area contributed by atoms with Crippen molar-refractivity contribution in [3.63, 3.8) is 0 Å². The van der Waals surface area contributed by atoms with Gasteiger partial charge in [-0.1, -0.05) is 20.3 Å². The summed E-state index contributed by atoms with van der Waals surface area (Å²) in [4.78, 5) is 12.0. The van der Waals surface area contributed by atoms with Gasteiger partial charge in [-0.05, 0) is 31.7 Å². The summed E-state index contributed by atoms with van der Waals surface area (Å²) in [5.74, 6) is 0.744. The summed E-state index contributed by atoms with van der Waals surface area (Å²) in [6.45, 7) is 5.99. The molecule has 3 atom stereocenters. The molecular formula is C14H28N2O2. The summed E-state index contributed by atoms with van der Waals surface area (Å²) in [6, 6.07) is 0.495. The second-order valence-corrected chi connectivity index (χ2v) is 5.39. The van der Waals surface area contributed by atoms with Gasteiger partial charge in [0.15, 0.2) is 0 Å². The number of methoxy groups -OCH3 is 1. The van der Waals surface area contributed by atoms with E-state index in [1.54, 1.807) is 7.11 Å². The molecule has 0 saturated carbocycles. The highest BCUT2D eigenvalue weighted by Gasteiger charge is 2.24. The zero-order valence-corrected chi connectivity index (χ0v) is 12.0. The maximum absolute atomic E-state index is 12.0. The SMILES string of the molecule is CCCC(COC)NC(=O)CC1NCCCC1C. The van der Waals surface area contributed by atoms with Gasteiger partial charge in [-0.3, -0.25) is 4.79 Å². The number of piperidine rings is 1. The van der Waals surface area contributed by atoms with Gasteiger partial charge in [0.25, 0.3) is 0 Å². The van der Waals surface area contributed by atoms with Gasteiger partial charge in [-0.15, -0.1) is 0 Å². The van der Waals surface area contributed by atoms with Crippen LogP contribution in [0.15, 0.2) is 0 Å². The van der Waals surface area contributed by atoms with Gasteiger partial charge in [-0.2, -0.15) is 0 Å². The number of rotatable bonds is 7. The third-order valence-corrected chi connectivity index (χ3v) is 3.71. The van der Waals surface area contributed by atoms with Crippen molar-refractivity contribution >= 4 is 5.91 Å². The Kier molecular flexibility index (Phi) is 7.28. The van der Waals surface area contributed by atoms with E-state index < -0.39 is 0 Å². The lowest BCUT2D eigenvalue weighted by atomic mass is 9.90. The van der Waals surface area contributed by atoms with E-state index in [-0.39, 0.29) is 11.9 Å². The summed E-state index contributed by atoms with van der Waals surface area (Å²) < 4.78 is 5.14. The lowest BCUT2D eigenvalue weighted by molar-refractivity contribution is -0.123. The minimum absolute atomic E-state index is 0.150. The van der Waals surface area contributed by atoms with Crippen molar-refractivity contribution in [3.05, 3.63) is 0 Å². The van der Waals surface area contributed by atoms with E-state index in [1.807, 2.05) is 0 Å². The second kappa shape index (κ2) is 8.48. The van der Waals surface area contributed by atoms with Gasteiger partial charge in [0.05, 0.1) is 12.6 Å². The van der Waals surface area contributed by atoms with E-state index in [1.165, 1.54) is 12.8 Å². The van der Waals surface area contributed by atoms with Crippen LogP contribution in [0.25, 0.3) is 0 Å². The Balaban J connectivity index is 2.34. The molecule has 1 heterocycles. The zero-order valence-electron chi connectivity index (χ0n) is 12.0. The molecule has 3 unspecified atom stereocenters. The number of ether oxygens (including phenoxy) is 1. The maximum Gasteiger partial charge on any atom is 0.221 e. The molecule has 0 aromatic heterocycles. The molecule has 1 saturated heterocycles. The monoisotopic (exact) mass is 256 g/mol. The fraction of sp³-hybridized carbons (Fsp3) is 0.929. The third kappa shape index (κ3) is 5.36. The summed E-state index contributed by atoms with van der Waals surface area (Å²) in [5.41, 5.74) is 0. The molecule has 0 aromatic rings. The first-order valence-corrected chi connectivity index (χ1v) is 7.19. The highest BCUT2D eigenvalue weighted by atomic mass is 16.5. The summed E-state index contributed by atoms with van der Waals surface area (Å²) >= 11 is 0. The maximum atomic E-state index is 12.0. The van der Waals surface area contributed by atoms with Crippen LogP contribution in [0.1, 0.15) is 46.0 Å². The minimum atomic E-state index is 0.150. The van der Waals surface area contributed by atoms with Crippen LogP contribution in [0.3, 0.4) is 0 Å². The summed E-state index contributed by atoms with van der Waals surface area (Å²) in [6.07, 6.45) is 5.08. The van der Waals surface area contributed by atoms with E-state index in [9.17, 15) is 4.79 Å². The fourth-order valence-electron chi connectivity index (χ4n) is 2.62. The molecule has 1 amide bonds. The lowest BCUT2D eigenvalue weighted by Gasteiger charge is -2.30. The first-order valence-electron chi connectivity index (χ1n) is 7.19. The normalized spacial score (nSPS) is 25.7. The Hall–Kier alpha value is -0.610. The third-order valence-electron chi connectivity index (χ3n) is 3.71. The van der Waals surface area contributed by atoms with E-state index in [4.69, 9.17) is 4.74 Å². The van der Waals surface area contributed by atoms with Gasteiger partial charge in [0.1, 0.15) is 0 Å². The molecule has 0 aliphatic carbocycles. The van der Waals surface area contributed by atoms with Crippen molar-refractivity contribution in [1.82, 2.24) is 10.6 Å². The van der Waals surface area contributed by atoms with Gasteiger partial charge >= 0.3 is 0 Å². The first kappa shape index (κ1) is 15.4. The first-order chi connectivity index (χ1) is 8.67. The van der Waals surface area contributed by atoms with Crippen LogP contribution in [-0.4, -0.2) is 38.3 Å². The topological polar surface area (TPSA) is 50.4 Å². The van der Waals surface area contributed by atoms with E-state index in [2.05, 4.69) is 24.5 Å². The number of hydrogen-bond acceptors (Lipinski definition) is 3. The van der Waals surface area contributed by atoms with Crippen molar-refractivity contribution in [2.75, 3.05) is 20.3 Å². The molecule has 0 bridgehead atoms. The zero-order chi connectivity index (χ0) is 13.4. The van der Waals surface area contributed by atoms with Gasteiger partial charge in [-0.25, -0.2) is 0 Å². The van der Waals surface area contributed by atoms with Gasteiger partial charge < -0.3 is 15.4 Å². The molecule has 4 heteroatoms. The molecule has 2 N–H and O–H groups in total. The number of nitrogens with one attached hydrogen (secondary N) is 2. The molecule has 0 aromatic carbocycles. The molecule has 106 valence electrons. The molecule has 1 aliphatic rings. The van der Waals surface area contributed by atoms with E-state index in [0.717, 1.165) is 19.4 Å².